The van der Waals surface area contributed by atoms with Gasteiger partial charge in [-0.15, -0.1) is 0 Å². The normalized spacial score (nSPS) is 44.4. The van der Waals surface area contributed by atoms with E-state index in [0.717, 1.165) is 0 Å². The Bertz CT molecular complexity index is 299. The van der Waals surface area contributed by atoms with Crippen LogP contribution >= 0.6 is 0 Å². The highest BCUT2D eigenvalue weighted by atomic mass is 19.1. The number of ether oxygens (including phenoxy) is 1. The van der Waals surface area contributed by atoms with E-state index >= 15 is 0 Å². The lowest BCUT2D eigenvalue weighted by molar-refractivity contribution is -0.334. The monoisotopic (exact) mass is 256 g/mol. The number of hydrogen-bond donors (Lipinski definition) is 6. The Hall–Kier alpha value is -0.840. The number of carboxylic acids is 1. The Labute approximate surface area is 94.5 Å². The summed E-state index contributed by atoms with van der Waals surface area (Å²) in [6.45, 7) is -0.929. The standard InChI is InChI=1S/C8H13FO8/c9-6-4(13)3(12)5(2(11)1-10)17-8(6,16)7(14)15/h2-6,10-13,16H,1H2,(H,14,15)/t2-,3-,4+,5?,6-,8+/m1/s1. The number of aliphatic carboxylic acids is 1. The molecule has 1 unspecified atom stereocenters. The van der Waals surface area contributed by atoms with Crippen molar-refractivity contribution in [1.29, 1.82) is 0 Å². The molecule has 1 rings (SSSR count). The number of hydrogen-bond acceptors (Lipinski definition) is 7. The Balaban J connectivity index is 3.02. The molecule has 0 amide bonds. The highest BCUT2D eigenvalue weighted by Crippen LogP contribution is 2.32. The van der Waals surface area contributed by atoms with Crippen molar-refractivity contribution in [3.63, 3.8) is 0 Å². The summed E-state index contributed by atoms with van der Waals surface area (Å²) in [6.07, 6.45) is -10.7. The Morgan fingerprint density at radius 1 is 1.41 bits per heavy atom. The van der Waals surface area contributed by atoms with E-state index in [4.69, 9.17) is 10.2 Å². The Morgan fingerprint density at radius 2 is 1.94 bits per heavy atom. The fourth-order valence-corrected chi connectivity index (χ4v) is 1.52. The zero-order valence-electron chi connectivity index (χ0n) is 8.47. The van der Waals surface area contributed by atoms with Crippen LogP contribution in [0.15, 0.2) is 0 Å². The fourth-order valence-electron chi connectivity index (χ4n) is 1.52. The highest BCUT2D eigenvalue weighted by Gasteiger charge is 2.60. The van der Waals surface area contributed by atoms with Crippen LogP contribution in [0.25, 0.3) is 0 Å². The van der Waals surface area contributed by atoms with Gasteiger partial charge in [0.25, 0.3) is 0 Å². The van der Waals surface area contributed by atoms with E-state index in [-0.39, 0.29) is 0 Å². The Kier molecular flexibility index (Phi) is 4.02. The molecule has 100 valence electrons. The van der Waals surface area contributed by atoms with Gasteiger partial charge in [-0.3, -0.25) is 0 Å². The molecule has 1 fully saturated rings. The first-order valence-electron chi connectivity index (χ1n) is 4.68. The third kappa shape index (κ3) is 2.25. The van der Waals surface area contributed by atoms with Gasteiger partial charge >= 0.3 is 11.8 Å². The molecule has 8 nitrogen and oxygen atoms in total. The third-order valence-electron chi connectivity index (χ3n) is 2.55. The lowest BCUT2D eigenvalue weighted by atomic mass is 9.91. The van der Waals surface area contributed by atoms with E-state index in [1.54, 1.807) is 0 Å². The molecule has 0 radical (unpaired) electrons. The van der Waals surface area contributed by atoms with Crippen LogP contribution < -0.4 is 0 Å². The summed E-state index contributed by atoms with van der Waals surface area (Å²) < 4.78 is 17.7. The number of aliphatic hydroxyl groups excluding tert-OH is 4. The molecule has 0 spiro atoms. The molecular formula is C8H13FO8. The van der Waals surface area contributed by atoms with Crippen molar-refractivity contribution in [1.82, 2.24) is 0 Å². The lowest BCUT2D eigenvalue weighted by Gasteiger charge is -2.43. The average Bonchev–Trinajstić information content (AvgIpc) is 2.30. The minimum absolute atomic E-state index is 0.929. The van der Waals surface area contributed by atoms with E-state index in [1.807, 2.05) is 0 Å². The van der Waals surface area contributed by atoms with E-state index < -0.39 is 49.0 Å². The second kappa shape index (κ2) is 4.80. The molecule has 0 bridgehead atoms. The molecule has 0 saturated carbocycles. The smallest absolute Gasteiger partial charge is 0.367 e. The number of carboxylic acid groups (broad SMARTS) is 1. The molecule has 1 aliphatic heterocycles. The zero-order chi connectivity index (χ0) is 13.4. The molecule has 1 saturated heterocycles. The van der Waals surface area contributed by atoms with Gasteiger partial charge in [0.2, 0.25) is 0 Å². The predicted molar refractivity (Wildman–Crippen MR) is 47.5 cm³/mol. The van der Waals surface area contributed by atoms with E-state index in [0.29, 0.717) is 0 Å². The molecule has 0 aromatic heterocycles. The van der Waals surface area contributed by atoms with Gasteiger partial charge in [-0.1, -0.05) is 0 Å². The van der Waals surface area contributed by atoms with Crippen LogP contribution in [0.5, 0.6) is 0 Å². The van der Waals surface area contributed by atoms with Crippen molar-refractivity contribution in [3.05, 3.63) is 0 Å². The second-order valence-electron chi connectivity index (χ2n) is 3.72. The summed E-state index contributed by atoms with van der Waals surface area (Å²) in [7, 11) is 0. The fraction of sp³-hybridized carbons (Fsp3) is 0.875. The first-order valence-corrected chi connectivity index (χ1v) is 4.68. The van der Waals surface area contributed by atoms with Gasteiger partial charge in [0, 0.05) is 0 Å². The molecule has 6 N–H and O–H groups in total. The predicted octanol–water partition coefficient (Wildman–Crippen LogP) is -3.43. The first kappa shape index (κ1) is 14.2. The molecule has 9 heteroatoms. The van der Waals surface area contributed by atoms with Crippen LogP contribution in [0.2, 0.25) is 0 Å². The number of rotatable bonds is 3. The minimum atomic E-state index is -3.39. The van der Waals surface area contributed by atoms with Crippen molar-refractivity contribution in [3.8, 4) is 0 Å². The molecule has 0 aliphatic carbocycles. The molecule has 17 heavy (non-hydrogen) atoms. The summed E-state index contributed by atoms with van der Waals surface area (Å²) in [5, 5.41) is 54.3. The van der Waals surface area contributed by atoms with Gasteiger partial charge in [-0.05, 0) is 0 Å². The summed E-state index contributed by atoms with van der Waals surface area (Å²) >= 11 is 0. The molecule has 0 aromatic carbocycles. The van der Waals surface area contributed by atoms with Crippen LogP contribution in [0.4, 0.5) is 4.39 Å². The summed E-state index contributed by atoms with van der Waals surface area (Å²) in [6, 6.07) is 0. The van der Waals surface area contributed by atoms with Gasteiger partial charge in [0.15, 0.2) is 6.17 Å². The van der Waals surface area contributed by atoms with Gasteiger partial charge in [0.05, 0.1) is 6.61 Å². The van der Waals surface area contributed by atoms with Crippen LogP contribution in [-0.4, -0.2) is 79.6 Å². The summed E-state index contributed by atoms with van der Waals surface area (Å²) in [5.41, 5.74) is 0. The highest BCUT2D eigenvalue weighted by molar-refractivity contribution is 5.76. The number of carbonyl (C=O) groups is 1. The van der Waals surface area contributed by atoms with Crippen LogP contribution in [0.1, 0.15) is 0 Å². The Morgan fingerprint density at radius 3 is 2.35 bits per heavy atom. The van der Waals surface area contributed by atoms with Crippen molar-refractivity contribution in [2.75, 3.05) is 6.61 Å². The number of halogens is 1. The van der Waals surface area contributed by atoms with Crippen LogP contribution in [-0.2, 0) is 9.53 Å². The maximum absolute atomic E-state index is 13.4. The zero-order valence-corrected chi connectivity index (χ0v) is 8.47. The van der Waals surface area contributed by atoms with E-state index in [2.05, 4.69) is 4.74 Å². The second-order valence-corrected chi connectivity index (χ2v) is 3.72. The lowest BCUT2D eigenvalue weighted by Crippen LogP contribution is -2.68. The van der Waals surface area contributed by atoms with E-state index in [9.17, 15) is 29.6 Å². The van der Waals surface area contributed by atoms with Crippen molar-refractivity contribution >= 4 is 5.97 Å². The van der Waals surface area contributed by atoms with Crippen molar-refractivity contribution in [2.45, 2.75) is 36.4 Å². The van der Waals surface area contributed by atoms with Crippen LogP contribution in [0, 0.1) is 0 Å². The summed E-state index contributed by atoms with van der Waals surface area (Å²) in [5.74, 6) is -5.51. The largest absolute Gasteiger partial charge is 0.477 e. The molecule has 0 aromatic rings. The first-order chi connectivity index (χ1) is 7.75. The maximum atomic E-state index is 13.4. The average molecular weight is 256 g/mol. The number of alkyl halides is 1. The number of aliphatic hydroxyl groups is 5. The molecule has 6 atom stereocenters. The van der Waals surface area contributed by atoms with Crippen LogP contribution in [0.3, 0.4) is 0 Å². The topological polar surface area (TPSA) is 148 Å². The quantitative estimate of drug-likeness (QED) is 0.306. The van der Waals surface area contributed by atoms with Gasteiger partial charge in [-0.2, -0.15) is 0 Å². The third-order valence-corrected chi connectivity index (χ3v) is 2.55. The van der Waals surface area contributed by atoms with Crippen molar-refractivity contribution in [2.24, 2.45) is 0 Å². The maximum Gasteiger partial charge on any atom is 0.367 e. The van der Waals surface area contributed by atoms with Crippen molar-refractivity contribution < 1.29 is 44.6 Å². The molecular weight excluding hydrogens is 243 g/mol. The van der Waals surface area contributed by atoms with E-state index in [1.165, 1.54) is 0 Å². The van der Waals surface area contributed by atoms with Gasteiger partial charge < -0.3 is 35.4 Å². The minimum Gasteiger partial charge on any atom is -0.477 e. The van der Waals surface area contributed by atoms with Gasteiger partial charge in [-0.25, -0.2) is 9.18 Å². The molecule has 1 heterocycles. The SMILES string of the molecule is O=C(O)[C@@]1(O)OC([C@H](O)CO)[C@H](O)[C@H](O)[C@H]1F. The molecule has 1 aliphatic rings. The summed E-state index contributed by atoms with van der Waals surface area (Å²) in [4.78, 5) is 10.6. The van der Waals surface area contributed by atoms with Gasteiger partial charge in [0.1, 0.15) is 24.4 Å².